The van der Waals surface area contributed by atoms with Gasteiger partial charge in [0.1, 0.15) is 11.6 Å². The molecule has 10 nitrogen and oxygen atoms in total. The zero-order valence-corrected chi connectivity index (χ0v) is 24.2. The molecule has 41 heavy (non-hydrogen) atoms. The zero-order chi connectivity index (χ0) is 30.4. The molecule has 0 saturated carbocycles. The van der Waals surface area contributed by atoms with Gasteiger partial charge >= 0.3 is 17.9 Å². The summed E-state index contributed by atoms with van der Waals surface area (Å²) in [5, 5.41) is 6.30. The van der Waals surface area contributed by atoms with Crippen molar-refractivity contribution in [2.75, 3.05) is 32.1 Å². The van der Waals surface area contributed by atoms with E-state index >= 15 is 0 Å². The van der Waals surface area contributed by atoms with Crippen LogP contribution in [-0.2, 0) is 23.9 Å². The quantitative estimate of drug-likeness (QED) is 0.0608. The van der Waals surface area contributed by atoms with Crippen LogP contribution >= 0.6 is 11.8 Å². The highest BCUT2D eigenvalue weighted by molar-refractivity contribution is 8.01. The number of nitrogens with one attached hydrogen (secondary N) is 1. The Hall–Kier alpha value is -4.38. The molecule has 218 valence electrons. The predicted molar refractivity (Wildman–Crippen MR) is 159 cm³/mol. The summed E-state index contributed by atoms with van der Waals surface area (Å²) in [7, 11) is 0. The number of nitrogen functional groups attached to an aromatic ring is 1. The highest BCUT2D eigenvalue weighted by atomic mass is 32.2. The van der Waals surface area contributed by atoms with Crippen LogP contribution in [0.3, 0.4) is 0 Å². The van der Waals surface area contributed by atoms with Crippen LogP contribution in [0.15, 0.2) is 66.8 Å². The Kier molecular flexibility index (Phi) is 13.3. The Morgan fingerprint density at radius 3 is 2.05 bits per heavy atom. The molecule has 0 fully saturated rings. The van der Waals surface area contributed by atoms with E-state index in [2.05, 4.69) is 6.58 Å². The van der Waals surface area contributed by atoms with Crippen LogP contribution in [0.2, 0.25) is 0 Å². The first kappa shape index (κ1) is 32.8. The van der Waals surface area contributed by atoms with E-state index in [1.807, 2.05) is 0 Å². The van der Waals surface area contributed by atoms with Crippen LogP contribution in [0, 0.1) is 5.41 Å². The average molecular weight is 582 g/mol. The lowest BCUT2D eigenvalue weighted by Crippen LogP contribution is -2.36. The number of carbonyl (C=O) groups is 4. The lowest BCUT2D eigenvalue weighted by atomic mass is 10.1. The lowest BCUT2D eigenvalue weighted by Gasteiger charge is -2.22. The maximum Gasteiger partial charge on any atom is 0.343 e. The molecule has 0 spiro atoms. The van der Waals surface area contributed by atoms with E-state index in [9.17, 15) is 19.2 Å². The summed E-state index contributed by atoms with van der Waals surface area (Å²) in [5.74, 6) is -1.61. The first-order chi connectivity index (χ1) is 19.6. The second-order valence-electron chi connectivity index (χ2n) is 8.57. The average Bonchev–Trinajstić information content (AvgIpc) is 2.95. The van der Waals surface area contributed by atoms with Crippen molar-refractivity contribution in [3.8, 4) is 5.75 Å². The molecule has 0 heterocycles. The van der Waals surface area contributed by atoms with Crippen molar-refractivity contribution >= 4 is 47.5 Å². The van der Waals surface area contributed by atoms with Gasteiger partial charge in [-0.05, 0) is 68.8 Å². The number of carbonyl (C=O) groups excluding carboxylic acids is 4. The number of amidine groups is 1. The number of hydrogen-bond donors (Lipinski definition) is 2. The molecular weight excluding hydrogens is 546 g/mol. The third kappa shape index (κ3) is 10.3. The Balaban J connectivity index is 2.03. The van der Waals surface area contributed by atoms with Gasteiger partial charge < -0.3 is 24.8 Å². The summed E-state index contributed by atoms with van der Waals surface area (Å²) >= 11 is 1.06. The van der Waals surface area contributed by atoms with Crippen molar-refractivity contribution in [2.45, 2.75) is 26.0 Å². The molecule has 2 aromatic rings. The Morgan fingerprint density at radius 1 is 0.976 bits per heavy atom. The third-order valence-electron chi connectivity index (χ3n) is 5.53. The lowest BCUT2D eigenvalue weighted by molar-refractivity contribution is -0.152. The van der Waals surface area contributed by atoms with Gasteiger partial charge in [-0.25, -0.2) is 4.79 Å². The summed E-state index contributed by atoms with van der Waals surface area (Å²) < 4.78 is 15.3. The molecule has 0 radical (unpaired) electrons. The molecule has 0 atom stereocenters. The summed E-state index contributed by atoms with van der Waals surface area (Å²) in [5.41, 5.74) is 7.44. The van der Waals surface area contributed by atoms with E-state index in [-0.39, 0.29) is 38.0 Å². The smallest absolute Gasteiger partial charge is 0.343 e. The second-order valence-corrected chi connectivity index (χ2v) is 9.78. The molecule has 0 unspecified atom stereocenters. The van der Waals surface area contributed by atoms with Crippen molar-refractivity contribution in [1.82, 2.24) is 4.90 Å². The molecule has 11 heteroatoms. The highest BCUT2D eigenvalue weighted by Crippen LogP contribution is 2.18. The number of rotatable bonds is 15. The minimum atomic E-state index is -1.13. The molecule has 1 amide bonds. The molecule has 0 aliphatic rings. The van der Waals surface area contributed by atoms with E-state index in [0.717, 1.165) is 11.8 Å². The maximum atomic E-state index is 13.2. The van der Waals surface area contributed by atoms with E-state index in [4.69, 9.17) is 25.4 Å². The van der Waals surface area contributed by atoms with E-state index in [1.165, 1.54) is 0 Å². The summed E-state index contributed by atoms with van der Waals surface area (Å²) in [4.78, 5) is 51.6. The number of hydrogen-bond acceptors (Lipinski definition) is 9. The van der Waals surface area contributed by atoms with Gasteiger partial charge in [0.25, 0.3) is 0 Å². The van der Waals surface area contributed by atoms with Gasteiger partial charge in [0.05, 0.1) is 18.8 Å². The molecular formula is C30H35N3O7S. The van der Waals surface area contributed by atoms with Crippen molar-refractivity contribution in [1.29, 1.82) is 5.41 Å². The fourth-order valence-electron chi connectivity index (χ4n) is 3.53. The van der Waals surface area contributed by atoms with Crippen molar-refractivity contribution in [2.24, 2.45) is 5.73 Å². The van der Waals surface area contributed by atoms with Crippen molar-refractivity contribution in [3.63, 3.8) is 0 Å². The largest absolute Gasteiger partial charge is 0.465 e. The number of ether oxygens (including phenoxy) is 3. The Bertz CT molecular complexity index is 1260. The predicted octanol–water partition coefficient (Wildman–Crippen LogP) is 3.84. The van der Waals surface area contributed by atoms with Gasteiger partial charge in [0.2, 0.25) is 5.91 Å². The van der Waals surface area contributed by atoms with Crippen molar-refractivity contribution in [3.05, 3.63) is 83.4 Å². The van der Waals surface area contributed by atoms with Gasteiger partial charge in [-0.1, -0.05) is 18.2 Å². The van der Waals surface area contributed by atoms with Crippen LogP contribution in [0.1, 0.15) is 42.3 Å². The molecule has 0 aliphatic carbocycles. The Labute approximate surface area is 244 Å². The topological polar surface area (TPSA) is 149 Å². The second kappa shape index (κ2) is 16.7. The monoisotopic (exact) mass is 581 g/mol. The number of amides is 1. The first-order valence-corrected chi connectivity index (χ1v) is 14.0. The number of nitrogens with two attached hydrogens (primary N) is 1. The van der Waals surface area contributed by atoms with Crippen LogP contribution in [-0.4, -0.2) is 71.9 Å². The molecule has 0 aromatic heterocycles. The summed E-state index contributed by atoms with van der Waals surface area (Å²) in [6, 6.07) is 12.9. The maximum absolute atomic E-state index is 13.2. The molecule has 0 bridgehead atoms. The standard InChI is InChI=1S/C30H35N3O7S/c1-5-16-33(17-18-41-25(29(36)38-6-2)30(37)39-7-3)27(34)20(4)19-21-8-10-23(11-9-21)28(35)40-24-14-12-22(13-15-24)26(31)32/h5,8-15,19,25H,1,6-7,16-18H2,2-4H3,(H3,31,32). The molecule has 0 saturated heterocycles. The Morgan fingerprint density at radius 2 is 1.54 bits per heavy atom. The number of benzene rings is 2. The third-order valence-corrected chi connectivity index (χ3v) is 6.66. The molecule has 2 aromatic carbocycles. The van der Waals surface area contributed by atoms with Crippen molar-refractivity contribution < 1.29 is 33.4 Å². The van der Waals surface area contributed by atoms with Crippen LogP contribution in [0.5, 0.6) is 5.75 Å². The molecule has 0 aliphatic heterocycles. The van der Waals surface area contributed by atoms with Crippen LogP contribution in [0.4, 0.5) is 0 Å². The fourth-order valence-corrected chi connectivity index (χ4v) is 4.50. The number of esters is 3. The molecule has 2 rings (SSSR count). The molecule has 3 N–H and O–H groups in total. The van der Waals surface area contributed by atoms with E-state index in [1.54, 1.807) is 86.4 Å². The minimum absolute atomic E-state index is 0.0802. The van der Waals surface area contributed by atoms with Gasteiger partial charge in [-0.3, -0.25) is 19.8 Å². The van der Waals surface area contributed by atoms with Crippen LogP contribution < -0.4 is 10.5 Å². The number of thioether (sulfide) groups is 1. The highest BCUT2D eigenvalue weighted by Gasteiger charge is 2.30. The van der Waals surface area contributed by atoms with Gasteiger partial charge in [0.15, 0.2) is 5.25 Å². The SMILES string of the molecule is C=CCN(CCSC(C(=O)OCC)C(=O)OCC)C(=O)C(C)=Cc1ccc(C(=O)Oc2ccc(C(=N)N)cc2)cc1. The number of nitrogens with zero attached hydrogens (tertiary/aromatic N) is 1. The normalized spacial score (nSPS) is 11.0. The minimum Gasteiger partial charge on any atom is -0.465 e. The van der Waals surface area contributed by atoms with E-state index < -0.39 is 23.2 Å². The van der Waals surface area contributed by atoms with E-state index in [0.29, 0.717) is 33.8 Å². The van der Waals surface area contributed by atoms with Gasteiger partial charge in [0, 0.05) is 30.0 Å². The van der Waals surface area contributed by atoms with Crippen LogP contribution in [0.25, 0.3) is 6.08 Å². The zero-order valence-electron chi connectivity index (χ0n) is 23.4. The van der Waals surface area contributed by atoms with Gasteiger partial charge in [-0.15, -0.1) is 18.3 Å². The fraction of sp³-hybridized carbons (Fsp3) is 0.300. The summed E-state index contributed by atoms with van der Waals surface area (Å²) in [6.45, 7) is 9.50. The first-order valence-electron chi connectivity index (χ1n) is 12.9. The summed E-state index contributed by atoms with van der Waals surface area (Å²) in [6.07, 6.45) is 3.29. The van der Waals surface area contributed by atoms with Gasteiger partial charge in [-0.2, -0.15) is 0 Å².